The molecule has 2 saturated heterocycles. The molecule has 2 amide bonds. The van der Waals surface area contributed by atoms with Crippen LogP contribution in [0.4, 0.5) is 23.8 Å². The molecule has 2 atom stereocenters. The molecule has 4 heterocycles. The van der Waals surface area contributed by atoms with Gasteiger partial charge in [-0.25, -0.2) is 9.31 Å². The number of nitriles is 1. The first kappa shape index (κ1) is 24.6. The number of carbonyl (C=O) groups excluding carboxylic acids is 1. The third kappa shape index (κ3) is 4.54. The number of hydrogen-bond donors (Lipinski definition) is 3. The van der Waals surface area contributed by atoms with E-state index in [2.05, 4.69) is 43.9 Å². The molecular formula is C23H24F3N7O2S. The van der Waals surface area contributed by atoms with E-state index in [1.165, 1.54) is 11.6 Å². The molecule has 2 aromatic heterocycles. The number of carbonyl (C=O) groups is 1. The number of anilines is 1. The van der Waals surface area contributed by atoms with Crippen molar-refractivity contribution in [2.24, 2.45) is 5.92 Å². The number of pyridine rings is 1. The second-order valence-corrected chi connectivity index (χ2v) is 10.3. The molecule has 2 aliphatic heterocycles. The second kappa shape index (κ2) is 9.07. The van der Waals surface area contributed by atoms with E-state index >= 15 is 0 Å². The highest BCUT2D eigenvalue weighted by molar-refractivity contribution is 8.00. The minimum atomic E-state index is -4.52. The Bertz CT molecular complexity index is 1290. The van der Waals surface area contributed by atoms with Crippen LogP contribution in [0.5, 0.6) is 0 Å². The first-order valence-electron chi connectivity index (χ1n) is 11.4. The molecule has 3 aliphatic rings. The summed E-state index contributed by atoms with van der Waals surface area (Å²) < 4.78 is 46.9. The van der Waals surface area contributed by atoms with E-state index in [-0.39, 0.29) is 34.4 Å². The van der Waals surface area contributed by atoms with E-state index in [0.29, 0.717) is 30.5 Å². The first-order chi connectivity index (χ1) is 17.2. The quantitative estimate of drug-likeness (QED) is 0.412. The fourth-order valence-corrected chi connectivity index (χ4v) is 5.55. The van der Waals surface area contributed by atoms with Gasteiger partial charge in [-0.2, -0.15) is 23.5 Å². The molecule has 36 heavy (non-hydrogen) atoms. The number of nitrogens with one attached hydrogen (secondary N) is 3. The molecule has 0 spiro atoms. The van der Waals surface area contributed by atoms with Crippen LogP contribution in [0.25, 0.3) is 5.52 Å². The maximum Gasteiger partial charge on any atom is 0.446 e. The highest BCUT2D eigenvalue weighted by Gasteiger charge is 2.60. The Morgan fingerprint density at radius 3 is 2.83 bits per heavy atom. The molecule has 1 saturated carbocycles. The lowest BCUT2D eigenvalue weighted by molar-refractivity contribution is -0.114. The van der Waals surface area contributed by atoms with Gasteiger partial charge in [0.05, 0.1) is 36.2 Å². The monoisotopic (exact) mass is 519 g/mol. The van der Waals surface area contributed by atoms with Crippen molar-refractivity contribution in [1.29, 1.82) is 5.26 Å². The summed E-state index contributed by atoms with van der Waals surface area (Å²) in [5.74, 6) is 6.25. The molecule has 2 aromatic rings. The predicted molar refractivity (Wildman–Crippen MR) is 126 cm³/mol. The zero-order valence-electron chi connectivity index (χ0n) is 19.4. The molecule has 3 N–H and O–H groups in total. The first-order valence-corrected chi connectivity index (χ1v) is 12.2. The third-order valence-electron chi connectivity index (χ3n) is 6.97. The van der Waals surface area contributed by atoms with Gasteiger partial charge in [-0.15, -0.1) is 0 Å². The van der Waals surface area contributed by atoms with E-state index in [1.807, 2.05) is 0 Å². The van der Waals surface area contributed by atoms with Crippen molar-refractivity contribution in [2.75, 3.05) is 45.2 Å². The van der Waals surface area contributed by atoms with E-state index in [0.717, 1.165) is 25.9 Å². The predicted octanol–water partition coefficient (Wildman–Crippen LogP) is 2.40. The highest BCUT2D eigenvalue weighted by atomic mass is 32.2. The fourth-order valence-electron chi connectivity index (χ4n) is 4.87. The van der Waals surface area contributed by atoms with Crippen LogP contribution in [0.15, 0.2) is 23.1 Å². The Labute approximate surface area is 209 Å². The van der Waals surface area contributed by atoms with Crippen molar-refractivity contribution in [3.63, 3.8) is 0 Å². The van der Waals surface area contributed by atoms with Crippen LogP contribution in [0.2, 0.25) is 0 Å². The van der Waals surface area contributed by atoms with Gasteiger partial charge in [0.25, 0.3) is 0 Å². The molecule has 13 heteroatoms. The third-order valence-corrected chi connectivity index (χ3v) is 7.81. The lowest BCUT2D eigenvalue weighted by Crippen LogP contribution is -2.63. The summed E-state index contributed by atoms with van der Waals surface area (Å²) in [5.41, 5.74) is -4.95. The van der Waals surface area contributed by atoms with Crippen molar-refractivity contribution >= 4 is 29.1 Å². The van der Waals surface area contributed by atoms with Crippen molar-refractivity contribution in [3.8, 4) is 17.9 Å². The molecule has 0 radical (unpaired) electrons. The summed E-state index contributed by atoms with van der Waals surface area (Å²) in [7, 11) is 1.45. The molecule has 3 fully saturated rings. The number of aromatic nitrogens is 2. The van der Waals surface area contributed by atoms with Crippen molar-refractivity contribution in [2.45, 2.75) is 34.3 Å². The summed E-state index contributed by atoms with van der Waals surface area (Å²) in [5, 5.41) is 22.4. The lowest BCUT2D eigenvalue weighted by Gasteiger charge is -2.47. The molecule has 0 bridgehead atoms. The number of piperidine rings is 1. The summed E-state index contributed by atoms with van der Waals surface area (Å²) in [6.07, 6.45) is 1.71. The standard InChI is InChI=1S/C23H24F3N7O2S/c1-28-20(34)29-8-3-4-16-19(36-23(24,25)26)17-5-2-6-18(33(17)31-16)30-22-7-9-32(11-15(22)10-22)21(12-27)13-35-14-21/h2,5-6,15,30H,7-11,13-14H2,1H3,(H2,28,29,34). The molecule has 2 unspecified atom stereocenters. The number of alkyl halides is 3. The molecule has 0 aromatic carbocycles. The number of urea groups is 1. The normalized spacial score (nSPS) is 24.5. The zero-order valence-corrected chi connectivity index (χ0v) is 20.2. The van der Waals surface area contributed by atoms with Crippen LogP contribution in [-0.2, 0) is 4.74 Å². The van der Waals surface area contributed by atoms with E-state index in [9.17, 15) is 23.2 Å². The van der Waals surface area contributed by atoms with Crippen LogP contribution >= 0.6 is 11.8 Å². The van der Waals surface area contributed by atoms with Gasteiger partial charge in [-0.3, -0.25) is 4.90 Å². The number of ether oxygens (including phenoxy) is 1. The number of hydrogen-bond acceptors (Lipinski definition) is 7. The van der Waals surface area contributed by atoms with Gasteiger partial charge in [0.2, 0.25) is 0 Å². The van der Waals surface area contributed by atoms with Gasteiger partial charge in [0.15, 0.2) is 5.54 Å². The SMILES string of the molecule is CNC(=O)NCC#Cc1nn2c(NC34CCN(C5(C#N)COC5)CC3C4)cccc2c1SC(F)(F)F. The Morgan fingerprint density at radius 2 is 2.19 bits per heavy atom. The smallest absolute Gasteiger partial charge is 0.375 e. The van der Waals surface area contributed by atoms with E-state index in [1.54, 1.807) is 18.2 Å². The van der Waals surface area contributed by atoms with Gasteiger partial charge in [0, 0.05) is 25.7 Å². The summed E-state index contributed by atoms with van der Waals surface area (Å²) >= 11 is -0.251. The van der Waals surface area contributed by atoms with Crippen LogP contribution in [0.3, 0.4) is 0 Å². The fraction of sp³-hybridized carbons (Fsp3) is 0.522. The zero-order chi connectivity index (χ0) is 25.6. The average Bonchev–Trinajstić information content (AvgIpc) is 3.42. The van der Waals surface area contributed by atoms with Crippen molar-refractivity contribution < 1.29 is 22.7 Å². The van der Waals surface area contributed by atoms with Gasteiger partial charge < -0.3 is 20.7 Å². The van der Waals surface area contributed by atoms with Gasteiger partial charge in [-0.1, -0.05) is 12.0 Å². The minimum Gasteiger partial charge on any atom is -0.375 e. The Kier molecular flexibility index (Phi) is 6.19. The van der Waals surface area contributed by atoms with Gasteiger partial charge in [-0.05, 0) is 48.6 Å². The lowest BCUT2D eigenvalue weighted by atomic mass is 9.92. The number of rotatable bonds is 5. The number of fused-ring (bicyclic) bond motifs is 2. The molecule has 190 valence electrons. The minimum absolute atomic E-state index is 0.00843. The van der Waals surface area contributed by atoms with E-state index < -0.39 is 17.1 Å². The maximum atomic E-state index is 13.4. The summed E-state index contributed by atoms with van der Waals surface area (Å²) in [6.45, 7) is 2.31. The number of nitrogens with zero attached hydrogens (tertiary/aromatic N) is 4. The molecule has 9 nitrogen and oxygen atoms in total. The largest absolute Gasteiger partial charge is 0.446 e. The second-order valence-electron chi connectivity index (χ2n) is 9.18. The maximum absolute atomic E-state index is 13.4. The Balaban J connectivity index is 1.39. The number of likely N-dealkylation sites (tertiary alicyclic amines) is 1. The van der Waals surface area contributed by atoms with Gasteiger partial charge >= 0.3 is 11.5 Å². The Morgan fingerprint density at radius 1 is 1.39 bits per heavy atom. The number of halogens is 3. The van der Waals surface area contributed by atoms with Crippen LogP contribution < -0.4 is 16.0 Å². The Hall–Kier alpha value is -3.13. The van der Waals surface area contributed by atoms with Crippen molar-refractivity contribution in [3.05, 3.63) is 23.9 Å². The topological polar surface area (TPSA) is 107 Å². The molecular weight excluding hydrogens is 495 g/mol. The molecule has 1 aliphatic carbocycles. The van der Waals surface area contributed by atoms with Crippen LogP contribution in [0.1, 0.15) is 18.5 Å². The van der Waals surface area contributed by atoms with E-state index in [4.69, 9.17) is 4.74 Å². The average molecular weight is 520 g/mol. The summed E-state index contributed by atoms with van der Waals surface area (Å²) in [4.78, 5) is 13.4. The molecule has 5 rings (SSSR count). The van der Waals surface area contributed by atoms with Crippen molar-refractivity contribution in [1.82, 2.24) is 25.1 Å². The number of thioether (sulfide) groups is 1. The van der Waals surface area contributed by atoms with Crippen LogP contribution in [0, 0.1) is 29.1 Å². The van der Waals surface area contributed by atoms with Crippen LogP contribution in [-0.4, -0.2) is 77.0 Å². The highest BCUT2D eigenvalue weighted by Crippen LogP contribution is 2.53. The van der Waals surface area contributed by atoms with Gasteiger partial charge in [0.1, 0.15) is 11.5 Å². The number of amides is 2. The summed E-state index contributed by atoms with van der Waals surface area (Å²) in [6, 6.07) is 7.03.